The molecule has 0 spiro atoms. The Hall–Kier alpha value is -1.24. The molecule has 0 saturated heterocycles. The Balaban J connectivity index is 3.16. The summed E-state index contributed by atoms with van der Waals surface area (Å²) in [4.78, 5) is 8.84. The van der Waals surface area contributed by atoms with Crippen molar-refractivity contribution in [2.24, 2.45) is 5.84 Å². The Bertz CT molecular complexity index is 386. The summed E-state index contributed by atoms with van der Waals surface area (Å²) in [5, 5.41) is 0. The molecular formula is C12H22N4O2. The molecule has 0 saturated carbocycles. The number of nitrogens with zero attached hydrogens (tertiary/aromatic N) is 2. The summed E-state index contributed by atoms with van der Waals surface area (Å²) in [7, 11) is 1.62. The lowest BCUT2D eigenvalue weighted by molar-refractivity contribution is -0.0392. The van der Waals surface area contributed by atoms with Gasteiger partial charge in [0.2, 0.25) is 0 Å². The molecule has 102 valence electrons. The van der Waals surface area contributed by atoms with Gasteiger partial charge in [0.25, 0.3) is 0 Å². The van der Waals surface area contributed by atoms with E-state index in [0.29, 0.717) is 24.9 Å². The van der Waals surface area contributed by atoms with Crippen LogP contribution in [-0.4, -0.2) is 23.7 Å². The highest BCUT2D eigenvalue weighted by Gasteiger charge is 2.29. The Morgan fingerprint density at radius 1 is 1.39 bits per heavy atom. The summed E-state index contributed by atoms with van der Waals surface area (Å²) in [6, 6.07) is 1.76. The third-order valence-electron chi connectivity index (χ3n) is 2.83. The predicted octanol–water partition coefficient (Wildman–Crippen LogP) is 1.57. The largest absolute Gasteiger partial charge is 0.378 e. The number of hydrogen-bond donors (Lipinski definition) is 2. The number of ether oxygens (including phenoxy) is 2. The van der Waals surface area contributed by atoms with Crippen LogP contribution in [0.5, 0.6) is 0 Å². The molecule has 1 aromatic rings. The first-order valence-corrected chi connectivity index (χ1v) is 6.07. The van der Waals surface area contributed by atoms with Gasteiger partial charge in [0.1, 0.15) is 11.4 Å². The number of nitrogens with two attached hydrogens (primary N) is 1. The average molecular weight is 254 g/mol. The Morgan fingerprint density at radius 3 is 2.61 bits per heavy atom. The minimum Gasteiger partial charge on any atom is -0.378 e. The van der Waals surface area contributed by atoms with Crippen molar-refractivity contribution in [3.8, 4) is 0 Å². The second kappa shape index (κ2) is 6.63. The lowest BCUT2D eigenvalue weighted by atomic mass is 10.0. The molecule has 0 radical (unpaired) electrons. The average Bonchev–Trinajstić information content (AvgIpc) is 2.38. The van der Waals surface area contributed by atoms with E-state index in [1.165, 1.54) is 0 Å². The summed E-state index contributed by atoms with van der Waals surface area (Å²) < 4.78 is 10.9. The third-order valence-corrected chi connectivity index (χ3v) is 2.83. The number of hydrogen-bond acceptors (Lipinski definition) is 6. The molecule has 6 heteroatoms. The van der Waals surface area contributed by atoms with E-state index in [-0.39, 0.29) is 0 Å². The van der Waals surface area contributed by atoms with Gasteiger partial charge in [0.05, 0.1) is 12.3 Å². The fourth-order valence-corrected chi connectivity index (χ4v) is 1.67. The molecule has 1 unspecified atom stereocenters. The number of anilines is 1. The normalized spacial score (nSPS) is 14.3. The van der Waals surface area contributed by atoms with Crippen molar-refractivity contribution in [3.63, 3.8) is 0 Å². The Labute approximate surface area is 108 Å². The van der Waals surface area contributed by atoms with Gasteiger partial charge in [-0.25, -0.2) is 15.8 Å². The van der Waals surface area contributed by atoms with E-state index in [4.69, 9.17) is 15.3 Å². The first-order chi connectivity index (χ1) is 8.59. The molecule has 1 rings (SSSR count). The van der Waals surface area contributed by atoms with Crippen molar-refractivity contribution in [3.05, 3.63) is 17.6 Å². The molecule has 0 fully saturated rings. The van der Waals surface area contributed by atoms with Crippen LogP contribution in [0.25, 0.3) is 0 Å². The van der Waals surface area contributed by atoms with E-state index in [9.17, 15) is 0 Å². The molecule has 0 aliphatic heterocycles. The first-order valence-electron chi connectivity index (χ1n) is 6.07. The SMILES string of the molecule is CCOC(C)(CC)c1nc(COC)cc(NN)n1. The van der Waals surface area contributed by atoms with E-state index in [2.05, 4.69) is 15.4 Å². The van der Waals surface area contributed by atoms with Gasteiger partial charge >= 0.3 is 0 Å². The van der Waals surface area contributed by atoms with Crippen molar-refractivity contribution >= 4 is 5.82 Å². The van der Waals surface area contributed by atoms with Crippen molar-refractivity contribution < 1.29 is 9.47 Å². The maximum Gasteiger partial charge on any atom is 0.162 e. The van der Waals surface area contributed by atoms with Crippen LogP contribution in [-0.2, 0) is 21.7 Å². The van der Waals surface area contributed by atoms with Crippen molar-refractivity contribution in [1.29, 1.82) is 0 Å². The molecule has 0 aromatic carbocycles. The highest BCUT2D eigenvalue weighted by atomic mass is 16.5. The van der Waals surface area contributed by atoms with Gasteiger partial charge in [-0.2, -0.15) is 0 Å². The van der Waals surface area contributed by atoms with E-state index < -0.39 is 5.60 Å². The summed E-state index contributed by atoms with van der Waals surface area (Å²) in [5.74, 6) is 6.60. The van der Waals surface area contributed by atoms with Gasteiger partial charge in [-0.15, -0.1) is 0 Å². The number of nitrogen functional groups attached to an aromatic ring is 1. The molecule has 6 nitrogen and oxygen atoms in total. The van der Waals surface area contributed by atoms with Crippen LogP contribution < -0.4 is 11.3 Å². The van der Waals surface area contributed by atoms with Crippen molar-refractivity contribution in [2.75, 3.05) is 19.1 Å². The summed E-state index contributed by atoms with van der Waals surface area (Å²) in [6.45, 7) is 6.99. The zero-order valence-electron chi connectivity index (χ0n) is 11.5. The lowest BCUT2D eigenvalue weighted by Crippen LogP contribution is -2.29. The van der Waals surface area contributed by atoms with Crippen LogP contribution in [0.1, 0.15) is 38.7 Å². The number of methoxy groups -OCH3 is 1. The Kier molecular flexibility index (Phi) is 5.46. The predicted molar refractivity (Wildman–Crippen MR) is 69.8 cm³/mol. The van der Waals surface area contributed by atoms with Crippen LogP contribution in [0.2, 0.25) is 0 Å². The van der Waals surface area contributed by atoms with Gasteiger partial charge < -0.3 is 14.9 Å². The van der Waals surface area contributed by atoms with Gasteiger partial charge in [0, 0.05) is 19.8 Å². The number of rotatable bonds is 7. The van der Waals surface area contributed by atoms with Gasteiger partial charge in [-0.1, -0.05) is 6.92 Å². The molecule has 1 aromatic heterocycles. The van der Waals surface area contributed by atoms with Gasteiger partial charge in [-0.05, 0) is 20.3 Å². The number of aromatic nitrogens is 2. The van der Waals surface area contributed by atoms with Crippen LogP contribution in [0, 0.1) is 0 Å². The number of hydrazine groups is 1. The number of nitrogens with one attached hydrogen (secondary N) is 1. The van der Waals surface area contributed by atoms with Crippen LogP contribution >= 0.6 is 0 Å². The molecule has 18 heavy (non-hydrogen) atoms. The van der Waals surface area contributed by atoms with Crippen molar-refractivity contribution in [2.45, 2.75) is 39.4 Å². The van der Waals surface area contributed by atoms with Gasteiger partial charge in [0.15, 0.2) is 5.82 Å². The van der Waals surface area contributed by atoms with Crippen LogP contribution in [0.15, 0.2) is 6.07 Å². The second-order valence-corrected chi connectivity index (χ2v) is 4.16. The fraction of sp³-hybridized carbons (Fsp3) is 0.667. The maximum absolute atomic E-state index is 5.76. The van der Waals surface area contributed by atoms with E-state index in [1.807, 2.05) is 20.8 Å². The minimum absolute atomic E-state index is 0.413. The standard InChI is InChI=1S/C12H22N4O2/c1-5-12(3,18-6-2)11-14-9(8-17-4)7-10(15-11)16-13/h7H,5-6,8,13H2,1-4H3,(H,14,15,16). The van der Waals surface area contributed by atoms with Crippen LogP contribution in [0.3, 0.4) is 0 Å². The molecule has 3 N–H and O–H groups in total. The van der Waals surface area contributed by atoms with Crippen molar-refractivity contribution in [1.82, 2.24) is 9.97 Å². The Morgan fingerprint density at radius 2 is 2.11 bits per heavy atom. The van der Waals surface area contributed by atoms with E-state index >= 15 is 0 Å². The molecule has 0 aliphatic carbocycles. The maximum atomic E-state index is 5.76. The van der Waals surface area contributed by atoms with E-state index in [0.717, 1.165) is 12.1 Å². The summed E-state index contributed by atoms with van der Waals surface area (Å²) in [6.07, 6.45) is 0.779. The highest BCUT2D eigenvalue weighted by Crippen LogP contribution is 2.27. The molecule has 1 heterocycles. The summed E-state index contributed by atoms with van der Waals surface area (Å²) >= 11 is 0. The molecule has 1 atom stereocenters. The molecular weight excluding hydrogens is 232 g/mol. The molecule has 0 amide bonds. The molecule has 0 bridgehead atoms. The zero-order valence-corrected chi connectivity index (χ0v) is 11.5. The quantitative estimate of drug-likeness (QED) is 0.567. The van der Waals surface area contributed by atoms with Gasteiger partial charge in [-0.3, -0.25) is 0 Å². The third kappa shape index (κ3) is 3.38. The highest BCUT2D eigenvalue weighted by molar-refractivity contribution is 5.35. The molecule has 0 aliphatic rings. The topological polar surface area (TPSA) is 82.3 Å². The lowest BCUT2D eigenvalue weighted by Gasteiger charge is -2.27. The monoisotopic (exact) mass is 254 g/mol. The fourth-order valence-electron chi connectivity index (χ4n) is 1.67. The minimum atomic E-state index is -0.510. The second-order valence-electron chi connectivity index (χ2n) is 4.16. The summed E-state index contributed by atoms with van der Waals surface area (Å²) in [5.41, 5.74) is 2.81. The van der Waals surface area contributed by atoms with E-state index in [1.54, 1.807) is 13.2 Å². The first kappa shape index (κ1) is 14.8. The smallest absolute Gasteiger partial charge is 0.162 e. The van der Waals surface area contributed by atoms with Crippen LogP contribution in [0.4, 0.5) is 5.82 Å². The zero-order chi connectivity index (χ0) is 13.6.